The minimum atomic E-state index is -1.01. The van der Waals surface area contributed by atoms with Gasteiger partial charge in [-0.2, -0.15) is 0 Å². The van der Waals surface area contributed by atoms with Gasteiger partial charge < -0.3 is 5.11 Å². The Kier molecular flexibility index (Phi) is 3.69. The summed E-state index contributed by atoms with van der Waals surface area (Å²) in [7, 11) is 0. The summed E-state index contributed by atoms with van der Waals surface area (Å²) in [5, 5.41) is 9.07. The summed E-state index contributed by atoms with van der Waals surface area (Å²) in [5.74, 6) is -0.502. The van der Waals surface area contributed by atoms with Crippen molar-refractivity contribution in [2.24, 2.45) is 0 Å². The first kappa shape index (κ1) is 12.3. The molecule has 0 aliphatic carbocycles. The third-order valence-corrected chi connectivity index (χ3v) is 2.53. The van der Waals surface area contributed by atoms with Crippen molar-refractivity contribution >= 4 is 23.6 Å². The second kappa shape index (κ2) is 5.42. The highest BCUT2D eigenvalue weighted by Gasteiger charge is 2.04. The van der Waals surface area contributed by atoms with Crippen molar-refractivity contribution in [1.82, 2.24) is 9.97 Å². The first-order valence-electron chi connectivity index (χ1n) is 5.15. The zero-order chi connectivity index (χ0) is 13.0. The first-order chi connectivity index (χ1) is 8.66. The molecule has 18 heavy (non-hydrogen) atoms. The van der Waals surface area contributed by atoms with Gasteiger partial charge in [0, 0.05) is 29.6 Å². The van der Waals surface area contributed by atoms with Gasteiger partial charge in [-0.15, -0.1) is 0 Å². The van der Waals surface area contributed by atoms with E-state index in [9.17, 15) is 4.79 Å². The number of halogens is 1. The Morgan fingerprint density at radius 1 is 1.22 bits per heavy atom. The molecule has 2 rings (SSSR count). The van der Waals surface area contributed by atoms with Crippen LogP contribution in [0.2, 0.25) is 5.02 Å². The summed E-state index contributed by atoms with van der Waals surface area (Å²) in [4.78, 5) is 18.7. The molecule has 1 aromatic carbocycles. The lowest BCUT2D eigenvalue weighted by molar-refractivity contribution is -0.131. The molecule has 0 bridgehead atoms. The highest BCUT2D eigenvalue weighted by molar-refractivity contribution is 6.33. The summed E-state index contributed by atoms with van der Waals surface area (Å²) in [6, 6.07) is 7.27. The van der Waals surface area contributed by atoms with E-state index in [1.165, 1.54) is 6.08 Å². The molecule has 0 unspecified atom stereocenters. The molecule has 0 atom stereocenters. The number of carboxylic acids is 1. The van der Waals surface area contributed by atoms with Gasteiger partial charge in [0.05, 0.1) is 5.02 Å². The first-order valence-corrected chi connectivity index (χ1v) is 5.52. The summed E-state index contributed by atoms with van der Waals surface area (Å²) < 4.78 is 0. The highest BCUT2D eigenvalue weighted by Crippen LogP contribution is 2.23. The van der Waals surface area contributed by atoms with E-state index >= 15 is 0 Å². The van der Waals surface area contributed by atoms with E-state index in [2.05, 4.69) is 9.97 Å². The van der Waals surface area contributed by atoms with E-state index in [0.717, 1.165) is 11.6 Å². The molecule has 0 saturated carbocycles. The quantitative estimate of drug-likeness (QED) is 0.862. The van der Waals surface area contributed by atoms with Crippen molar-refractivity contribution in [3.05, 3.63) is 53.3 Å². The monoisotopic (exact) mass is 260 g/mol. The average Bonchev–Trinajstić information content (AvgIpc) is 2.38. The number of benzene rings is 1. The standard InChI is InChI=1S/C13H9ClN2O2/c14-11-4-2-1-3-10(11)13-15-7-9(8-16-13)5-6-12(17)18/h1-8H,(H,17,18). The lowest BCUT2D eigenvalue weighted by atomic mass is 10.2. The van der Waals surface area contributed by atoms with E-state index in [4.69, 9.17) is 16.7 Å². The van der Waals surface area contributed by atoms with Gasteiger partial charge in [0.2, 0.25) is 0 Å². The molecule has 1 N–H and O–H groups in total. The third kappa shape index (κ3) is 2.93. The number of aliphatic carboxylic acids is 1. The number of aromatic nitrogens is 2. The Labute approximate surface area is 109 Å². The number of nitrogens with zero attached hydrogens (tertiary/aromatic N) is 2. The number of rotatable bonds is 3. The van der Waals surface area contributed by atoms with Gasteiger partial charge in [-0.3, -0.25) is 0 Å². The van der Waals surface area contributed by atoms with Crippen LogP contribution in [-0.2, 0) is 4.79 Å². The molecule has 5 heteroatoms. The van der Waals surface area contributed by atoms with Crippen molar-refractivity contribution in [3.8, 4) is 11.4 Å². The fraction of sp³-hybridized carbons (Fsp3) is 0. The molecule has 4 nitrogen and oxygen atoms in total. The smallest absolute Gasteiger partial charge is 0.328 e. The molecule has 0 aliphatic rings. The Morgan fingerprint density at radius 3 is 2.50 bits per heavy atom. The van der Waals surface area contributed by atoms with Gasteiger partial charge >= 0.3 is 5.97 Å². The van der Waals surface area contributed by atoms with Crippen LogP contribution in [0.4, 0.5) is 0 Å². The van der Waals surface area contributed by atoms with Crippen LogP contribution in [0.25, 0.3) is 17.5 Å². The number of hydrogen-bond acceptors (Lipinski definition) is 3. The van der Waals surface area contributed by atoms with E-state index < -0.39 is 5.97 Å². The second-order valence-corrected chi connectivity index (χ2v) is 3.90. The largest absolute Gasteiger partial charge is 0.478 e. The van der Waals surface area contributed by atoms with Crippen LogP contribution in [0.1, 0.15) is 5.56 Å². The molecule has 0 saturated heterocycles. The SMILES string of the molecule is O=C(O)C=Cc1cnc(-c2ccccc2Cl)nc1. The topological polar surface area (TPSA) is 63.1 Å². The predicted molar refractivity (Wildman–Crippen MR) is 69.1 cm³/mol. The van der Waals surface area contributed by atoms with Crippen molar-refractivity contribution in [2.75, 3.05) is 0 Å². The number of carbonyl (C=O) groups is 1. The zero-order valence-corrected chi connectivity index (χ0v) is 10.0. The molecule has 2 aromatic rings. The summed E-state index contributed by atoms with van der Waals surface area (Å²) in [6.07, 6.45) is 5.56. The van der Waals surface area contributed by atoms with E-state index in [0.29, 0.717) is 16.4 Å². The molecule has 0 amide bonds. The normalized spacial score (nSPS) is 10.7. The van der Waals surface area contributed by atoms with Crippen LogP contribution >= 0.6 is 11.6 Å². The maximum absolute atomic E-state index is 10.4. The molecule has 1 aromatic heterocycles. The summed E-state index contributed by atoms with van der Waals surface area (Å²) in [5.41, 5.74) is 1.36. The van der Waals surface area contributed by atoms with E-state index in [1.807, 2.05) is 18.2 Å². The Hall–Kier alpha value is -2.20. The molecule has 90 valence electrons. The van der Waals surface area contributed by atoms with Crippen LogP contribution in [0.15, 0.2) is 42.7 Å². The van der Waals surface area contributed by atoms with Gasteiger partial charge in [0.1, 0.15) is 0 Å². The number of carboxylic acid groups (broad SMARTS) is 1. The fourth-order valence-corrected chi connectivity index (χ4v) is 1.59. The zero-order valence-electron chi connectivity index (χ0n) is 9.25. The molecular formula is C13H9ClN2O2. The molecule has 0 aliphatic heterocycles. The van der Waals surface area contributed by atoms with Crippen LogP contribution in [0, 0.1) is 0 Å². The third-order valence-electron chi connectivity index (χ3n) is 2.20. The molecule has 0 fully saturated rings. The minimum Gasteiger partial charge on any atom is -0.478 e. The van der Waals surface area contributed by atoms with Crippen LogP contribution in [0.5, 0.6) is 0 Å². The lowest BCUT2D eigenvalue weighted by Crippen LogP contribution is -1.91. The van der Waals surface area contributed by atoms with Gasteiger partial charge in [-0.05, 0) is 18.2 Å². The predicted octanol–water partition coefficient (Wildman–Crippen LogP) is 2.89. The van der Waals surface area contributed by atoms with Crippen LogP contribution in [0.3, 0.4) is 0 Å². The summed E-state index contributed by atoms with van der Waals surface area (Å²) >= 11 is 6.03. The van der Waals surface area contributed by atoms with Gasteiger partial charge in [0.25, 0.3) is 0 Å². The maximum atomic E-state index is 10.4. The molecular weight excluding hydrogens is 252 g/mol. The average molecular weight is 261 g/mol. The number of hydrogen-bond donors (Lipinski definition) is 1. The van der Waals surface area contributed by atoms with Gasteiger partial charge in [0.15, 0.2) is 5.82 Å². The van der Waals surface area contributed by atoms with E-state index in [-0.39, 0.29) is 0 Å². The van der Waals surface area contributed by atoms with Crippen molar-refractivity contribution < 1.29 is 9.90 Å². The lowest BCUT2D eigenvalue weighted by Gasteiger charge is -2.02. The maximum Gasteiger partial charge on any atom is 0.328 e. The Bertz CT molecular complexity index is 594. The van der Waals surface area contributed by atoms with Crippen LogP contribution in [-0.4, -0.2) is 21.0 Å². The Balaban J connectivity index is 2.28. The Morgan fingerprint density at radius 2 is 1.89 bits per heavy atom. The van der Waals surface area contributed by atoms with Crippen molar-refractivity contribution in [2.45, 2.75) is 0 Å². The van der Waals surface area contributed by atoms with Gasteiger partial charge in [-0.1, -0.05) is 23.7 Å². The molecule has 0 radical (unpaired) electrons. The second-order valence-electron chi connectivity index (χ2n) is 3.49. The van der Waals surface area contributed by atoms with Gasteiger partial charge in [-0.25, -0.2) is 14.8 Å². The minimum absolute atomic E-state index is 0.507. The fourth-order valence-electron chi connectivity index (χ4n) is 1.37. The van der Waals surface area contributed by atoms with Crippen molar-refractivity contribution in [1.29, 1.82) is 0 Å². The highest BCUT2D eigenvalue weighted by atomic mass is 35.5. The van der Waals surface area contributed by atoms with E-state index in [1.54, 1.807) is 18.5 Å². The molecule has 1 heterocycles. The summed E-state index contributed by atoms with van der Waals surface area (Å²) in [6.45, 7) is 0. The molecule has 0 spiro atoms. The van der Waals surface area contributed by atoms with Crippen molar-refractivity contribution in [3.63, 3.8) is 0 Å². The van der Waals surface area contributed by atoms with Crippen LogP contribution < -0.4 is 0 Å².